The highest BCUT2D eigenvalue weighted by Gasteiger charge is 2.19. The van der Waals surface area contributed by atoms with E-state index in [1.54, 1.807) is 0 Å². The Morgan fingerprint density at radius 3 is 2.80 bits per heavy atom. The van der Waals surface area contributed by atoms with E-state index >= 15 is 0 Å². The van der Waals surface area contributed by atoms with Gasteiger partial charge in [-0.15, -0.1) is 0 Å². The zero-order chi connectivity index (χ0) is 14.1. The molecule has 1 saturated heterocycles. The molecule has 1 atom stereocenters. The second-order valence-electron chi connectivity index (χ2n) is 5.94. The van der Waals surface area contributed by atoms with Crippen molar-refractivity contribution in [2.24, 2.45) is 7.05 Å². The highest BCUT2D eigenvalue weighted by atomic mass is 15.3. The van der Waals surface area contributed by atoms with Crippen molar-refractivity contribution in [1.82, 2.24) is 15.1 Å². The van der Waals surface area contributed by atoms with Gasteiger partial charge in [-0.3, -0.25) is 4.68 Å². The van der Waals surface area contributed by atoms with Gasteiger partial charge in [0.1, 0.15) is 0 Å². The van der Waals surface area contributed by atoms with E-state index in [0.29, 0.717) is 5.92 Å². The number of hydrogen-bond donors (Lipinski definition) is 1. The van der Waals surface area contributed by atoms with Crippen LogP contribution < -0.4 is 5.32 Å². The predicted octanol–water partition coefficient (Wildman–Crippen LogP) is 3.17. The monoisotopic (exact) mass is 269 g/mol. The van der Waals surface area contributed by atoms with E-state index in [1.165, 1.54) is 40.9 Å². The molecule has 3 nitrogen and oxygen atoms in total. The van der Waals surface area contributed by atoms with E-state index in [-0.39, 0.29) is 0 Å². The zero-order valence-corrected chi connectivity index (χ0v) is 12.6. The minimum atomic E-state index is 0.564. The van der Waals surface area contributed by atoms with Crippen LogP contribution in [0.5, 0.6) is 0 Å². The van der Waals surface area contributed by atoms with Crippen molar-refractivity contribution < 1.29 is 0 Å². The molecule has 1 fully saturated rings. The van der Waals surface area contributed by atoms with Crippen LogP contribution in [0.25, 0.3) is 11.3 Å². The number of piperidine rings is 1. The van der Waals surface area contributed by atoms with Crippen molar-refractivity contribution in [3.63, 3.8) is 0 Å². The lowest BCUT2D eigenvalue weighted by atomic mass is 9.95. The van der Waals surface area contributed by atoms with Crippen LogP contribution in [-0.2, 0) is 7.05 Å². The molecule has 1 aliphatic rings. The summed E-state index contributed by atoms with van der Waals surface area (Å²) in [6, 6.07) is 8.90. The first kappa shape index (κ1) is 13.4. The van der Waals surface area contributed by atoms with Gasteiger partial charge in [0.2, 0.25) is 0 Å². The maximum absolute atomic E-state index is 4.75. The molecule has 20 heavy (non-hydrogen) atoms. The van der Waals surface area contributed by atoms with Crippen molar-refractivity contribution in [3.05, 3.63) is 41.1 Å². The van der Waals surface area contributed by atoms with Gasteiger partial charge in [0, 0.05) is 25.1 Å². The van der Waals surface area contributed by atoms with Crippen LogP contribution in [0.15, 0.2) is 24.3 Å². The highest BCUT2D eigenvalue weighted by Crippen LogP contribution is 2.29. The fraction of sp³-hybridized carbons (Fsp3) is 0.471. The molecular formula is C17H23N3. The Morgan fingerprint density at radius 1 is 1.25 bits per heavy atom. The van der Waals surface area contributed by atoms with Gasteiger partial charge in [0.15, 0.2) is 0 Å². The lowest BCUT2D eigenvalue weighted by molar-refractivity contribution is 0.451. The third kappa shape index (κ3) is 2.50. The summed E-state index contributed by atoms with van der Waals surface area (Å²) < 4.78 is 2.03. The van der Waals surface area contributed by atoms with Gasteiger partial charge in [0.25, 0.3) is 0 Å². The summed E-state index contributed by atoms with van der Waals surface area (Å²) in [5.74, 6) is 0.564. The number of nitrogens with zero attached hydrogens (tertiary/aromatic N) is 2. The van der Waals surface area contributed by atoms with Crippen LogP contribution in [-0.4, -0.2) is 22.9 Å². The molecule has 3 rings (SSSR count). The van der Waals surface area contributed by atoms with Gasteiger partial charge in [-0.2, -0.15) is 5.10 Å². The average Bonchev–Trinajstić information content (AvgIpc) is 2.82. The highest BCUT2D eigenvalue weighted by molar-refractivity contribution is 5.65. The summed E-state index contributed by atoms with van der Waals surface area (Å²) in [6.07, 6.45) is 2.50. The minimum Gasteiger partial charge on any atom is -0.316 e. The first-order valence-electron chi connectivity index (χ1n) is 7.47. The second-order valence-corrected chi connectivity index (χ2v) is 5.94. The van der Waals surface area contributed by atoms with E-state index in [4.69, 9.17) is 5.10 Å². The summed E-state index contributed by atoms with van der Waals surface area (Å²) in [4.78, 5) is 0. The predicted molar refractivity (Wildman–Crippen MR) is 83.0 cm³/mol. The summed E-state index contributed by atoms with van der Waals surface area (Å²) in [6.45, 7) is 6.52. The number of rotatable bonds is 2. The third-order valence-corrected chi connectivity index (χ3v) is 4.27. The smallest absolute Gasteiger partial charge is 0.0684 e. The van der Waals surface area contributed by atoms with Gasteiger partial charge in [0.05, 0.1) is 11.4 Å². The molecule has 1 aliphatic heterocycles. The molecule has 106 valence electrons. The molecule has 1 aromatic heterocycles. The van der Waals surface area contributed by atoms with Gasteiger partial charge in [-0.05, 0) is 44.9 Å². The molecule has 1 unspecified atom stereocenters. The SMILES string of the molecule is Cc1ccc(-c2cc(C3CCCNC3)nn2C)c(C)c1. The molecule has 1 aromatic carbocycles. The molecule has 0 saturated carbocycles. The second kappa shape index (κ2) is 5.41. The average molecular weight is 269 g/mol. The molecule has 2 aromatic rings. The number of hydrogen-bond acceptors (Lipinski definition) is 2. The first-order valence-corrected chi connectivity index (χ1v) is 7.47. The van der Waals surface area contributed by atoms with Gasteiger partial charge < -0.3 is 5.32 Å². The molecule has 0 aliphatic carbocycles. The Bertz CT molecular complexity index is 607. The lowest BCUT2D eigenvalue weighted by Crippen LogP contribution is -2.28. The standard InChI is InChI=1S/C17H23N3/c1-12-6-7-15(13(2)9-12)17-10-16(19-20(17)3)14-5-4-8-18-11-14/h6-7,9-10,14,18H,4-5,8,11H2,1-3H3. The van der Waals surface area contributed by atoms with Crippen molar-refractivity contribution in [2.45, 2.75) is 32.6 Å². The van der Waals surface area contributed by atoms with Gasteiger partial charge in [-0.1, -0.05) is 23.8 Å². The number of nitrogens with one attached hydrogen (secondary N) is 1. The van der Waals surface area contributed by atoms with Gasteiger partial charge in [-0.25, -0.2) is 0 Å². The molecule has 0 radical (unpaired) electrons. The van der Waals surface area contributed by atoms with Crippen LogP contribution in [0.3, 0.4) is 0 Å². The molecule has 0 spiro atoms. The normalized spacial score (nSPS) is 19.2. The van der Waals surface area contributed by atoms with E-state index < -0.39 is 0 Å². The summed E-state index contributed by atoms with van der Waals surface area (Å²) >= 11 is 0. The maximum Gasteiger partial charge on any atom is 0.0684 e. The number of benzene rings is 1. The molecule has 1 N–H and O–H groups in total. The first-order chi connectivity index (χ1) is 9.65. The van der Waals surface area contributed by atoms with Crippen molar-refractivity contribution in [1.29, 1.82) is 0 Å². The van der Waals surface area contributed by atoms with E-state index in [1.807, 2.05) is 11.7 Å². The van der Waals surface area contributed by atoms with Crippen molar-refractivity contribution in [3.8, 4) is 11.3 Å². The van der Waals surface area contributed by atoms with Crippen molar-refractivity contribution in [2.75, 3.05) is 13.1 Å². The number of aryl methyl sites for hydroxylation is 3. The van der Waals surface area contributed by atoms with Gasteiger partial charge >= 0.3 is 0 Å². The largest absolute Gasteiger partial charge is 0.316 e. The summed E-state index contributed by atoms with van der Waals surface area (Å²) in [5, 5.41) is 8.22. The lowest BCUT2D eigenvalue weighted by Gasteiger charge is -2.20. The Hall–Kier alpha value is -1.61. The van der Waals surface area contributed by atoms with E-state index in [0.717, 1.165) is 13.1 Å². The Balaban J connectivity index is 1.95. The molecule has 3 heteroatoms. The molecule has 2 heterocycles. The summed E-state index contributed by atoms with van der Waals surface area (Å²) in [5.41, 5.74) is 6.38. The minimum absolute atomic E-state index is 0.564. The Labute approximate surface area is 121 Å². The zero-order valence-electron chi connectivity index (χ0n) is 12.6. The van der Waals surface area contributed by atoms with Crippen LogP contribution >= 0.6 is 0 Å². The third-order valence-electron chi connectivity index (χ3n) is 4.27. The fourth-order valence-electron chi connectivity index (χ4n) is 3.15. The van der Waals surface area contributed by atoms with Crippen LogP contribution in [0.4, 0.5) is 0 Å². The quantitative estimate of drug-likeness (QED) is 0.907. The summed E-state index contributed by atoms with van der Waals surface area (Å²) in [7, 11) is 2.05. The van der Waals surface area contributed by atoms with Crippen molar-refractivity contribution >= 4 is 0 Å². The van der Waals surface area contributed by atoms with E-state index in [2.05, 4.69) is 43.4 Å². The maximum atomic E-state index is 4.75. The van der Waals surface area contributed by atoms with Crippen LogP contribution in [0, 0.1) is 13.8 Å². The Morgan fingerprint density at radius 2 is 2.10 bits per heavy atom. The number of aromatic nitrogens is 2. The van der Waals surface area contributed by atoms with Crippen LogP contribution in [0.2, 0.25) is 0 Å². The topological polar surface area (TPSA) is 29.9 Å². The molecule has 0 amide bonds. The fourth-order valence-corrected chi connectivity index (χ4v) is 3.15. The Kier molecular flexibility index (Phi) is 3.62. The molecule has 0 bridgehead atoms. The molecular weight excluding hydrogens is 246 g/mol. The van der Waals surface area contributed by atoms with E-state index in [9.17, 15) is 0 Å². The van der Waals surface area contributed by atoms with Crippen LogP contribution in [0.1, 0.15) is 35.6 Å².